The van der Waals surface area contributed by atoms with Crippen LogP contribution in [0.15, 0.2) is 29.9 Å². The van der Waals surface area contributed by atoms with Crippen molar-refractivity contribution in [2.45, 2.75) is 25.9 Å². The van der Waals surface area contributed by atoms with Crippen LogP contribution in [0, 0.1) is 0 Å². The molecule has 0 unspecified atom stereocenters. The number of aromatic nitrogens is 2. The first kappa shape index (κ1) is 13.8. The van der Waals surface area contributed by atoms with Crippen molar-refractivity contribution >= 4 is 11.3 Å². The number of hydrogen-bond acceptors (Lipinski definition) is 4. The molecule has 5 heteroatoms. The van der Waals surface area contributed by atoms with Gasteiger partial charge < -0.3 is 4.90 Å². The van der Waals surface area contributed by atoms with Gasteiger partial charge in [0.25, 0.3) is 0 Å². The summed E-state index contributed by atoms with van der Waals surface area (Å²) in [6.45, 7) is 6.77. The van der Waals surface area contributed by atoms with Gasteiger partial charge in [-0.15, -0.1) is 11.3 Å². The molecule has 0 N–H and O–H groups in total. The molecule has 1 saturated heterocycles. The summed E-state index contributed by atoms with van der Waals surface area (Å²) in [7, 11) is 2.24. The quantitative estimate of drug-likeness (QED) is 0.864. The van der Waals surface area contributed by atoms with Crippen molar-refractivity contribution in [2.75, 3.05) is 26.7 Å². The van der Waals surface area contributed by atoms with Crippen LogP contribution in [-0.2, 0) is 6.54 Å². The summed E-state index contributed by atoms with van der Waals surface area (Å²) in [6, 6.07) is 5.01. The highest BCUT2D eigenvalue weighted by atomic mass is 32.1. The van der Waals surface area contributed by atoms with Crippen molar-refractivity contribution in [1.29, 1.82) is 0 Å². The Kier molecular flexibility index (Phi) is 4.19. The lowest BCUT2D eigenvalue weighted by Gasteiger charge is -2.39. The van der Waals surface area contributed by atoms with Gasteiger partial charge in [-0.1, -0.05) is 6.92 Å². The summed E-state index contributed by atoms with van der Waals surface area (Å²) < 4.78 is 2.21. The summed E-state index contributed by atoms with van der Waals surface area (Å²) in [5.41, 5.74) is 1.33. The first-order valence-electron chi connectivity index (χ1n) is 7.26. The van der Waals surface area contributed by atoms with Crippen LogP contribution in [0.2, 0.25) is 0 Å². The Hall–Kier alpha value is -1.17. The first-order chi connectivity index (χ1) is 9.78. The van der Waals surface area contributed by atoms with E-state index in [1.807, 2.05) is 11.6 Å². The highest BCUT2D eigenvalue weighted by molar-refractivity contribution is 7.12. The zero-order valence-corrected chi connectivity index (χ0v) is 13.0. The van der Waals surface area contributed by atoms with Crippen LogP contribution in [-0.4, -0.2) is 52.1 Å². The minimum Gasteiger partial charge on any atom is -0.301 e. The lowest BCUT2D eigenvalue weighted by molar-refractivity contribution is 0.0872. The van der Waals surface area contributed by atoms with Crippen LogP contribution in [0.3, 0.4) is 0 Å². The molecule has 2 aromatic heterocycles. The Morgan fingerprint density at radius 1 is 1.40 bits per heavy atom. The summed E-state index contributed by atoms with van der Waals surface area (Å²) in [4.78, 5) is 9.46. The van der Waals surface area contributed by atoms with Crippen LogP contribution >= 0.6 is 11.3 Å². The molecular weight excluding hydrogens is 268 g/mol. The molecule has 4 nitrogen and oxygen atoms in total. The maximum atomic E-state index is 4.41. The zero-order valence-electron chi connectivity index (χ0n) is 12.2. The fourth-order valence-electron chi connectivity index (χ4n) is 2.89. The van der Waals surface area contributed by atoms with Crippen molar-refractivity contribution in [3.63, 3.8) is 0 Å². The molecule has 1 aliphatic rings. The molecule has 0 spiro atoms. The molecule has 0 aromatic carbocycles. The Labute approximate surface area is 124 Å². The smallest absolute Gasteiger partial charge is 0.193 e. The van der Waals surface area contributed by atoms with Crippen LogP contribution in [0.25, 0.3) is 5.13 Å². The highest BCUT2D eigenvalue weighted by Crippen LogP contribution is 2.18. The molecule has 0 saturated carbocycles. The molecule has 0 aliphatic carbocycles. The topological polar surface area (TPSA) is 24.3 Å². The van der Waals surface area contributed by atoms with Gasteiger partial charge in [0, 0.05) is 55.7 Å². The third-order valence-electron chi connectivity index (χ3n) is 4.18. The molecule has 3 heterocycles. The number of thiazole rings is 1. The van der Waals surface area contributed by atoms with Crippen molar-refractivity contribution in [3.05, 3.63) is 35.6 Å². The van der Waals surface area contributed by atoms with Gasteiger partial charge in [0.1, 0.15) is 0 Å². The van der Waals surface area contributed by atoms with Gasteiger partial charge in [0.15, 0.2) is 5.13 Å². The zero-order chi connectivity index (χ0) is 13.9. The van der Waals surface area contributed by atoms with E-state index in [-0.39, 0.29) is 0 Å². The summed E-state index contributed by atoms with van der Waals surface area (Å²) in [6.07, 6.45) is 5.20. The van der Waals surface area contributed by atoms with E-state index in [2.05, 4.69) is 51.7 Å². The van der Waals surface area contributed by atoms with Crippen LogP contribution in [0.4, 0.5) is 0 Å². The van der Waals surface area contributed by atoms with Gasteiger partial charge in [0.2, 0.25) is 0 Å². The monoisotopic (exact) mass is 290 g/mol. The van der Waals surface area contributed by atoms with E-state index in [1.165, 1.54) is 12.1 Å². The molecule has 20 heavy (non-hydrogen) atoms. The van der Waals surface area contributed by atoms with Crippen LogP contribution < -0.4 is 0 Å². The molecule has 1 fully saturated rings. The second-order valence-corrected chi connectivity index (χ2v) is 6.34. The Morgan fingerprint density at radius 3 is 3.05 bits per heavy atom. The molecule has 0 amide bonds. The van der Waals surface area contributed by atoms with Crippen molar-refractivity contribution in [1.82, 2.24) is 19.4 Å². The third-order valence-corrected chi connectivity index (χ3v) is 4.95. The van der Waals surface area contributed by atoms with E-state index >= 15 is 0 Å². The van der Waals surface area contributed by atoms with E-state index in [0.717, 1.165) is 31.3 Å². The molecule has 1 aliphatic heterocycles. The maximum Gasteiger partial charge on any atom is 0.193 e. The predicted molar refractivity (Wildman–Crippen MR) is 83.4 cm³/mol. The predicted octanol–water partition coefficient (Wildman–Crippen LogP) is 2.46. The number of nitrogens with zero attached hydrogens (tertiary/aromatic N) is 4. The SMILES string of the molecule is CC[C@H]1CN(Cc2cccn2-c2nccs2)CCN1C. The maximum absolute atomic E-state index is 4.41. The highest BCUT2D eigenvalue weighted by Gasteiger charge is 2.23. The number of likely N-dealkylation sites (N-methyl/N-ethyl adjacent to an activating group) is 1. The third kappa shape index (κ3) is 2.80. The van der Waals surface area contributed by atoms with Gasteiger partial charge >= 0.3 is 0 Å². The summed E-state index contributed by atoms with van der Waals surface area (Å²) in [5.74, 6) is 0. The molecule has 0 bridgehead atoms. The average Bonchev–Trinajstić information content (AvgIpc) is 3.11. The van der Waals surface area contributed by atoms with Crippen LogP contribution in [0.1, 0.15) is 19.0 Å². The molecule has 3 rings (SSSR count). The van der Waals surface area contributed by atoms with E-state index in [4.69, 9.17) is 0 Å². The second-order valence-electron chi connectivity index (χ2n) is 5.46. The van der Waals surface area contributed by atoms with Crippen LogP contribution in [0.5, 0.6) is 0 Å². The van der Waals surface area contributed by atoms with E-state index < -0.39 is 0 Å². The fraction of sp³-hybridized carbons (Fsp3) is 0.533. The minimum atomic E-state index is 0.687. The standard InChI is InChI=1S/C15H22N4S/c1-3-13-11-18(9-8-17(13)2)12-14-5-4-7-19(14)15-16-6-10-20-15/h4-7,10,13H,3,8-9,11-12H2,1-2H3/t13-/m0/s1. The summed E-state index contributed by atoms with van der Waals surface area (Å²) in [5, 5.41) is 3.09. The van der Waals surface area contributed by atoms with Gasteiger partial charge in [-0.05, 0) is 25.6 Å². The van der Waals surface area contributed by atoms with Crippen molar-refractivity contribution < 1.29 is 0 Å². The molecule has 1 atom stereocenters. The molecule has 2 aromatic rings. The van der Waals surface area contributed by atoms with Gasteiger partial charge in [-0.3, -0.25) is 9.47 Å². The van der Waals surface area contributed by atoms with Gasteiger partial charge in [0.05, 0.1) is 0 Å². The van der Waals surface area contributed by atoms with E-state index in [9.17, 15) is 0 Å². The lowest BCUT2D eigenvalue weighted by atomic mass is 10.1. The number of hydrogen-bond donors (Lipinski definition) is 0. The largest absolute Gasteiger partial charge is 0.301 e. The normalized spacial score (nSPS) is 21.4. The average molecular weight is 290 g/mol. The fourth-order valence-corrected chi connectivity index (χ4v) is 3.55. The first-order valence-corrected chi connectivity index (χ1v) is 8.14. The Balaban J connectivity index is 1.71. The molecule has 108 valence electrons. The lowest BCUT2D eigenvalue weighted by Crippen LogP contribution is -2.50. The number of piperazine rings is 1. The minimum absolute atomic E-state index is 0.687. The molecular formula is C15H22N4S. The van der Waals surface area contributed by atoms with Gasteiger partial charge in [-0.2, -0.15) is 0 Å². The van der Waals surface area contributed by atoms with Crippen molar-refractivity contribution in [3.8, 4) is 5.13 Å². The molecule has 0 radical (unpaired) electrons. The summed E-state index contributed by atoms with van der Waals surface area (Å²) >= 11 is 1.69. The van der Waals surface area contributed by atoms with Crippen molar-refractivity contribution in [2.24, 2.45) is 0 Å². The Bertz CT molecular complexity index is 534. The number of rotatable bonds is 4. The van der Waals surface area contributed by atoms with E-state index in [0.29, 0.717) is 6.04 Å². The Morgan fingerprint density at radius 2 is 2.30 bits per heavy atom. The second kappa shape index (κ2) is 6.08. The van der Waals surface area contributed by atoms with E-state index in [1.54, 1.807) is 11.3 Å². The van der Waals surface area contributed by atoms with Gasteiger partial charge in [-0.25, -0.2) is 4.98 Å².